The van der Waals surface area contributed by atoms with E-state index in [1.165, 1.54) is 4.90 Å². The lowest BCUT2D eigenvalue weighted by Crippen LogP contribution is -2.54. The summed E-state index contributed by atoms with van der Waals surface area (Å²) in [6.07, 6.45) is 2.88. The second kappa shape index (κ2) is 6.87. The predicted octanol–water partition coefficient (Wildman–Crippen LogP) is 1.75. The maximum atomic E-state index is 12.6. The Kier molecular flexibility index (Phi) is 5.37. The lowest BCUT2D eigenvalue weighted by atomic mass is 10.1. The van der Waals surface area contributed by atoms with Gasteiger partial charge in [-0.25, -0.2) is 9.59 Å². The number of urea groups is 1. The molecule has 1 heterocycles. The molecule has 2 N–H and O–H groups in total. The molecule has 1 saturated carbocycles. The Hall–Kier alpha value is -0.950. The summed E-state index contributed by atoms with van der Waals surface area (Å²) in [4.78, 5) is 25.5. The van der Waals surface area contributed by atoms with E-state index in [2.05, 4.69) is 5.32 Å². The minimum Gasteiger partial charge on any atom is -0.480 e. The highest BCUT2D eigenvalue weighted by molar-refractivity contribution is 8.00. The SMILES string of the molecule is COC1CCCC1NC(=O)N1C(C(=O)O)CSC1C(C)C. The Morgan fingerprint density at radius 3 is 2.67 bits per heavy atom. The van der Waals surface area contributed by atoms with Crippen molar-refractivity contribution in [3.05, 3.63) is 0 Å². The van der Waals surface area contributed by atoms with Gasteiger partial charge in [0.2, 0.25) is 0 Å². The van der Waals surface area contributed by atoms with Crippen LogP contribution in [0.5, 0.6) is 0 Å². The van der Waals surface area contributed by atoms with Crippen LogP contribution in [0.3, 0.4) is 0 Å². The molecule has 2 aliphatic rings. The van der Waals surface area contributed by atoms with Gasteiger partial charge in [0.15, 0.2) is 0 Å². The summed E-state index contributed by atoms with van der Waals surface area (Å²) in [7, 11) is 1.65. The van der Waals surface area contributed by atoms with Crippen LogP contribution in [0.4, 0.5) is 4.79 Å². The fraction of sp³-hybridized carbons (Fsp3) is 0.857. The number of nitrogens with zero attached hydrogens (tertiary/aromatic N) is 1. The topological polar surface area (TPSA) is 78.9 Å². The van der Waals surface area contributed by atoms with Crippen LogP contribution >= 0.6 is 11.8 Å². The monoisotopic (exact) mass is 316 g/mol. The van der Waals surface area contributed by atoms with Crippen molar-refractivity contribution >= 4 is 23.8 Å². The summed E-state index contributed by atoms with van der Waals surface area (Å²) in [5.74, 6) is -0.272. The molecule has 0 spiro atoms. The molecular weight excluding hydrogens is 292 g/mol. The highest BCUT2D eigenvalue weighted by Gasteiger charge is 2.44. The Balaban J connectivity index is 2.08. The number of thioether (sulfide) groups is 1. The highest BCUT2D eigenvalue weighted by atomic mass is 32.2. The number of rotatable bonds is 4. The molecular formula is C14H24N2O4S. The largest absolute Gasteiger partial charge is 0.480 e. The standard InChI is InChI=1S/C14H24N2O4S/c1-8(2)12-16(10(7-21-12)13(17)18)14(19)15-9-5-4-6-11(9)20-3/h8-12H,4-7H2,1-3H3,(H,15,19)(H,17,18). The lowest BCUT2D eigenvalue weighted by molar-refractivity contribution is -0.141. The summed E-state index contributed by atoms with van der Waals surface area (Å²) in [6.45, 7) is 4.02. The molecule has 21 heavy (non-hydrogen) atoms. The molecule has 2 rings (SSSR count). The van der Waals surface area contributed by atoms with Gasteiger partial charge in [0.25, 0.3) is 0 Å². The van der Waals surface area contributed by atoms with Gasteiger partial charge >= 0.3 is 12.0 Å². The van der Waals surface area contributed by atoms with Gasteiger partial charge in [0.1, 0.15) is 6.04 Å². The molecule has 6 nitrogen and oxygen atoms in total. The van der Waals surface area contributed by atoms with E-state index in [1.807, 2.05) is 13.8 Å². The van der Waals surface area contributed by atoms with Crippen LogP contribution in [0.2, 0.25) is 0 Å². The summed E-state index contributed by atoms with van der Waals surface area (Å²) < 4.78 is 5.38. The normalized spacial score (nSPS) is 32.7. The highest BCUT2D eigenvalue weighted by Crippen LogP contribution is 2.34. The van der Waals surface area contributed by atoms with Crippen LogP contribution in [-0.4, -0.2) is 58.4 Å². The fourth-order valence-electron chi connectivity index (χ4n) is 3.10. The molecule has 0 bridgehead atoms. The van der Waals surface area contributed by atoms with Crippen LogP contribution in [0.25, 0.3) is 0 Å². The molecule has 4 unspecified atom stereocenters. The number of nitrogens with one attached hydrogen (secondary N) is 1. The quantitative estimate of drug-likeness (QED) is 0.826. The molecule has 1 aliphatic heterocycles. The van der Waals surface area contributed by atoms with Gasteiger partial charge in [-0.05, 0) is 25.2 Å². The number of carboxylic acid groups (broad SMARTS) is 1. The van der Waals surface area contributed by atoms with Gasteiger partial charge in [0.05, 0.1) is 17.5 Å². The van der Waals surface area contributed by atoms with Crippen LogP contribution < -0.4 is 5.32 Å². The van der Waals surface area contributed by atoms with E-state index < -0.39 is 12.0 Å². The van der Waals surface area contributed by atoms with Crippen molar-refractivity contribution in [1.82, 2.24) is 10.2 Å². The van der Waals surface area contributed by atoms with Crippen LogP contribution in [-0.2, 0) is 9.53 Å². The van der Waals surface area contributed by atoms with Gasteiger partial charge in [0, 0.05) is 12.9 Å². The van der Waals surface area contributed by atoms with Crippen LogP contribution in [0, 0.1) is 5.92 Å². The van der Waals surface area contributed by atoms with Crippen molar-refractivity contribution in [1.29, 1.82) is 0 Å². The second-order valence-corrected chi connectivity index (χ2v) is 7.14. The fourth-order valence-corrected chi connectivity index (χ4v) is 4.57. The van der Waals surface area contributed by atoms with Crippen molar-refractivity contribution in [3.8, 4) is 0 Å². The third kappa shape index (κ3) is 3.45. The maximum absolute atomic E-state index is 12.6. The molecule has 120 valence electrons. The number of carbonyl (C=O) groups is 2. The second-order valence-electron chi connectivity index (χ2n) is 5.99. The summed E-state index contributed by atoms with van der Waals surface area (Å²) in [5.41, 5.74) is 0. The van der Waals surface area contributed by atoms with E-state index >= 15 is 0 Å². The number of hydrogen-bond acceptors (Lipinski definition) is 4. The van der Waals surface area contributed by atoms with Crippen molar-refractivity contribution in [3.63, 3.8) is 0 Å². The summed E-state index contributed by atoms with van der Waals surface area (Å²) in [6, 6.07) is -1.04. The summed E-state index contributed by atoms with van der Waals surface area (Å²) in [5, 5.41) is 12.2. The zero-order valence-electron chi connectivity index (χ0n) is 12.7. The zero-order chi connectivity index (χ0) is 15.6. The van der Waals surface area contributed by atoms with Gasteiger partial charge in [-0.2, -0.15) is 0 Å². The number of carboxylic acids is 1. The van der Waals surface area contributed by atoms with Gasteiger partial charge in [-0.15, -0.1) is 11.8 Å². The first-order valence-electron chi connectivity index (χ1n) is 7.41. The van der Waals surface area contributed by atoms with E-state index in [9.17, 15) is 14.7 Å². The number of hydrogen-bond donors (Lipinski definition) is 2. The first-order valence-corrected chi connectivity index (χ1v) is 8.46. The number of ether oxygens (including phenoxy) is 1. The molecule has 2 amide bonds. The molecule has 7 heteroatoms. The minimum atomic E-state index is -0.935. The van der Waals surface area contributed by atoms with E-state index in [-0.39, 0.29) is 29.5 Å². The van der Waals surface area contributed by atoms with E-state index in [0.717, 1.165) is 19.3 Å². The van der Waals surface area contributed by atoms with Gasteiger partial charge in [-0.1, -0.05) is 13.8 Å². The zero-order valence-corrected chi connectivity index (χ0v) is 13.6. The minimum absolute atomic E-state index is 0.0182. The van der Waals surface area contributed by atoms with Crippen LogP contribution in [0.1, 0.15) is 33.1 Å². The average Bonchev–Trinajstić information content (AvgIpc) is 3.03. The molecule has 0 aromatic carbocycles. The van der Waals surface area contributed by atoms with E-state index in [0.29, 0.717) is 5.75 Å². The molecule has 0 aromatic heterocycles. The van der Waals surface area contributed by atoms with Gasteiger partial charge < -0.3 is 15.2 Å². The Labute approximate surface area is 129 Å². The predicted molar refractivity (Wildman–Crippen MR) is 81.3 cm³/mol. The molecule has 2 fully saturated rings. The van der Waals surface area contributed by atoms with Crippen molar-refractivity contribution in [2.24, 2.45) is 5.92 Å². The number of amides is 2. The van der Waals surface area contributed by atoms with Crippen LogP contribution in [0.15, 0.2) is 0 Å². The Morgan fingerprint density at radius 1 is 1.38 bits per heavy atom. The smallest absolute Gasteiger partial charge is 0.327 e. The van der Waals surface area contributed by atoms with Crippen molar-refractivity contribution in [2.45, 2.75) is 56.7 Å². The molecule has 0 radical (unpaired) electrons. The van der Waals surface area contributed by atoms with E-state index in [4.69, 9.17) is 4.74 Å². The Bertz CT molecular complexity index is 404. The number of carbonyl (C=O) groups excluding carboxylic acids is 1. The Morgan fingerprint density at radius 2 is 2.10 bits per heavy atom. The molecule has 1 saturated heterocycles. The number of aliphatic carboxylic acids is 1. The first kappa shape index (κ1) is 16.4. The van der Waals surface area contributed by atoms with E-state index in [1.54, 1.807) is 18.9 Å². The maximum Gasteiger partial charge on any atom is 0.327 e. The molecule has 0 aromatic rings. The molecule has 4 atom stereocenters. The van der Waals surface area contributed by atoms with Crippen molar-refractivity contribution < 1.29 is 19.4 Å². The van der Waals surface area contributed by atoms with Crippen molar-refractivity contribution in [2.75, 3.05) is 12.9 Å². The molecule has 1 aliphatic carbocycles. The van der Waals surface area contributed by atoms with Gasteiger partial charge in [-0.3, -0.25) is 4.90 Å². The lowest BCUT2D eigenvalue weighted by Gasteiger charge is -2.31. The summed E-state index contributed by atoms with van der Waals surface area (Å²) >= 11 is 1.54. The first-order chi connectivity index (χ1) is 9.95. The average molecular weight is 316 g/mol. The third-order valence-electron chi connectivity index (χ3n) is 4.19. The third-order valence-corrected chi connectivity index (χ3v) is 5.81. The number of methoxy groups -OCH3 is 1.